The van der Waals surface area contributed by atoms with E-state index in [2.05, 4.69) is 0 Å². The molecule has 0 aliphatic heterocycles. The molecule has 0 bridgehead atoms. The molecule has 12 heavy (non-hydrogen) atoms. The van der Waals surface area contributed by atoms with Crippen molar-refractivity contribution in [3.05, 3.63) is 12.2 Å². The van der Waals surface area contributed by atoms with E-state index in [4.69, 9.17) is 20.6 Å². The van der Waals surface area contributed by atoms with Gasteiger partial charge >= 0.3 is 13.6 Å². The number of hydrogen-bond acceptors (Lipinski definition) is 3. The molecular weight excluding hydrogens is 185 g/mol. The number of rotatable bonds is 4. The highest BCUT2D eigenvalue weighted by Crippen LogP contribution is 2.33. The largest absolute Gasteiger partial charge is 0.480 e. The molecule has 0 aliphatic carbocycles. The van der Waals surface area contributed by atoms with Gasteiger partial charge in [-0.1, -0.05) is 12.2 Å². The highest BCUT2D eigenvalue weighted by molar-refractivity contribution is 7.51. The summed E-state index contributed by atoms with van der Waals surface area (Å²) in [6, 6.07) is -1.21. The van der Waals surface area contributed by atoms with Crippen LogP contribution < -0.4 is 5.73 Å². The Kier molecular flexibility index (Phi) is 4.12. The van der Waals surface area contributed by atoms with Gasteiger partial charge in [0.05, 0.1) is 6.16 Å². The van der Waals surface area contributed by atoms with Crippen molar-refractivity contribution in [3.63, 3.8) is 0 Å². The van der Waals surface area contributed by atoms with E-state index in [1.165, 1.54) is 0 Å². The van der Waals surface area contributed by atoms with Crippen LogP contribution in [0.5, 0.6) is 0 Å². The molecule has 7 heteroatoms. The molecule has 0 saturated heterocycles. The van der Waals surface area contributed by atoms with Crippen molar-refractivity contribution in [1.29, 1.82) is 0 Å². The smallest absolute Gasteiger partial charge is 0.329 e. The van der Waals surface area contributed by atoms with Gasteiger partial charge in [-0.2, -0.15) is 0 Å². The maximum atomic E-state index is 10.2. The van der Waals surface area contributed by atoms with Crippen LogP contribution in [0.25, 0.3) is 0 Å². The first-order chi connectivity index (χ1) is 5.33. The third-order valence-corrected chi connectivity index (χ3v) is 1.66. The van der Waals surface area contributed by atoms with Crippen LogP contribution in [-0.4, -0.2) is 33.1 Å². The zero-order valence-electron chi connectivity index (χ0n) is 6.12. The first-order valence-corrected chi connectivity index (χ1v) is 4.82. The number of carbonyl (C=O) groups is 1. The summed E-state index contributed by atoms with van der Waals surface area (Å²) in [6.45, 7) is 0. The third kappa shape index (κ3) is 6.06. The van der Waals surface area contributed by atoms with Crippen LogP contribution in [0, 0.1) is 0 Å². The highest BCUT2D eigenvalue weighted by Gasteiger charge is 2.10. The van der Waals surface area contributed by atoms with Crippen molar-refractivity contribution in [1.82, 2.24) is 0 Å². The average molecular weight is 195 g/mol. The van der Waals surface area contributed by atoms with Crippen LogP contribution in [-0.2, 0) is 9.36 Å². The van der Waals surface area contributed by atoms with E-state index in [1.54, 1.807) is 0 Å². The summed E-state index contributed by atoms with van der Waals surface area (Å²) in [5.74, 6) is -1.24. The molecule has 0 aromatic rings. The molecule has 0 rings (SSSR count). The summed E-state index contributed by atoms with van der Waals surface area (Å²) >= 11 is 0. The minimum Gasteiger partial charge on any atom is -0.480 e. The Labute approximate surface area is 68.9 Å². The van der Waals surface area contributed by atoms with Gasteiger partial charge in [0.1, 0.15) is 6.04 Å². The fourth-order valence-electron chi connectivity index (χ4n) is 0.427. The Morgan fingerprint density at radius 3 is 2.42 bits per heavy atom. The van der Waals surface area contributed by atoms with Gasteiger partial charge in [0.15, 0.2) is 0 Å². The summed E-state index contributed by atoms with van der Waals surface area (Å²) in [4.78, 5) is 26.8. The summed E-state index contributed by atoms with van der Waals surface area (Å²) < 4.78 is 10.2. The van der Waals surface area contributed by atoms with Gasteiger partial charge in [0.25, 0.3) is 0 Å². The molecule has 0 aromatic heterocycles. The fraction of sp³-hybridized carbons (Fsp3) is 0.400. The quantitative estimate of drug-likeness (QED) is 0.342. The maximum absolute atomic E-state index is 10.2. The predicted octanol–water partition coefficient (Wildman–Crippen LogP) is -0.868. The lowest BCUT2D eigenvalue weighted by Crippen LogP contribution is -2.27. The van der Waals surface area contributed by atoms with Gasteiger partial charge in [-0.05, 0) is 0 Å². The number of carboxylic acid groups (broad SMARTS) is 1. The monoisotopic (exact) mass is 195 g/mol. The molecule has 0 aromatic carbocycles. The molecule has 0 fully saturated rings. The normalized spacial score (nSPS) is 14.9. The van der Waals surface area contributed by atoms with Crippen molar-refractivity contribution < 1.29 is 24.3 Å². The maximum Gasteiger partial charge on any atom is 0.329 e. The van der Waals surface area contributed by atoms with Gasteiger partial charge in [0, 0.05) is 0 Å². The summed E-state index contributed by atoms with van der Waals surface area (Å²) in [5.41, 5.74) is 5.01. The Balaban J connectivity index is 3.93. The molecule has 0 radical (unpaired) electrons. The Bertz CT molecular complexity index is 232. The lowest BCUT2D eigenvalue weighted by Gasteiger charge is -1.99. The van der Waals surface area contributed by atoms with Crippen LogP contribution in [0.2, 0.25) is 0 Å². The van der Waals surface area contributed by atoms with Crippen molar-refractivity contribution in [2.75, 3.05) is 6.16 Å². The number of carboxylic acids is 1. The van der Waals surface area contributed by atoms with Gasteiger partial charge in [-0.3, -0.25) is 9.36 Å². The Hall–Kier alpha value is -0.680. The molecule has 5 N–H and O–H groups in total. The minimum absolute atomic E-state index is 0.492. The summed E-state index contributed by atoms with van der Waals surface area (Å²) in [7, 11) is -4.09. The first kappa shape index (κ1) is 11.3. The molecule has 70 valence electrons. The topological polar surface area (TPSA) is 121 Å². The summed E-state index contributed by atoms with van der Waals surface area (Å²) in [5, 5.41) is 8.24. The number of allylic oxidation sites excluding steroid dienone is 1. The second-order valence-corrected chi connectivity index (χ2v) is 3.83. The van der Waals surface area contributed by atoms with Crippen LogP contribution in [0.15, 0.2) is 12.2 Å². The van der Waals surface area contributed by atoms with E-state index < -0.39 is 25.8 Å². The van der Waals surface area contributed by atoms with E-state index >= 15 is 0 Å². The molecular formula is C5H10NO5P. The van der Waals surface area contributed by atoms with E-state index in [0.29, 0.717) is 0 Å². The molecule has 0 spiro atoms. The Morgan fingerprint density at radius 1 is 1.58 bits per heavy atom. The van der Waals surface area contributed by atoms with E-state index in [0.717, 1.165) is 12.2 Å². The van der Waals surface area contributed by atoms with Crippen molar-refractivity contribution in [2.45, 2.75) is 6.04 Å². The zero-order valence-corrected chi connectivity index (χ0v) is 7.02. The van der Waals surface area contributed by atoms with Crippen LogP contribution in [0.1, 0.15) is 0 Å². The molecule has 1 unspecified atom stereocenters. The first-order valence-electron chi connectivity index (χ1n) is 3.02. The fourth-order valence-corrected chi connectivity index (χ4v) is 0.823. The molecule has 0 saturated carbocycles. The molecule has 0 aliphatic rings. The van der Waals surface area contributed by atoms with Gasteiger partial charge in [0.2, 0.25) is 0 Å². The molecule has 0 amide bonds. The predicted molar refractivity (Wildman–Crippen MR) is 41.7 cm³/mol. The average Bonchev–Trinajstić information content (AvgIpc) is 1.84. The second-order valence-electron chi connectivity index (χ2n) is 2.14. The van der Waals surface area contributed by atoms with Gasteiger partial charge in [-0.25, -0.2) is 0 Å². The van der Waals surface area contributed by atoms with E-state index in [-0.39, 0.29) is 0 Å². The second kappa shape index (κ2) is 4.37. The molecule has 6 nitrogen and oxygen atoms in total. The Morgan fingerprint density at radius 2 is 2.08 bits per heavy atom. The van der Waals surface area contributed by atoms with Crippen molar-refractivity contribution in [3.8, 4) is 0 Å². The van der Waals surface area contributed by atoms with E-state index in [9.17, 15) is 9.36 Å². The van der Waals surface area contributed by atoms with Crippen LogP contribution in [0.3, 0.4) is 0 Å². The van der Waals surface area contributed by atoms with Crippen molar-refractivity contribution in [2.24, 2.45) is 5.73 Å². The molecule has 1 atom stereocenters. The number of nitrogens with two attached hydrogens (primary N) is 1. The lowest BCUT2D eigenvalue weighted by atomic mass is 10.3. The van der Waals surface area contributed by atoms with E-state index in [1.807, 2.05) is 0 Å². The summed E-state index contributed by atoms with van der Waals surface area (Å²) in [6.07, 6.45) is 1.59. The number of hydrogen-bond donors (Lipinski definition) is 4. The van der Waals surface area contributed by atoms with Crippen LogP contribution in [0.4, 0.5) is 0 Å². The minimum atomic E-state index is -4.09. The third-order valence-electron chi connectivity index (χ3n) is 0.972. The van der Waals surface area contributed by atoms with Gasteiger partial charge < -0.3 is 20.6 Å². The molecule has 0 heterocycles. The zero-order chi connectivity index (χ0) is 9.78. The standard InChI is InChI=1S/C5H10NO5P/c6-4(5(7)8)2-1-3-12(9,10)11/h1-2,4H,3,6H2,(H,7,8)(H2,9,10,11). The van der Waals surface area contributed by atoms with Gasteiger partial charge in [-0.15, -0.1) is 0 Å². The van der Waals surface area contributed by atoms with Crippen molar-refractivity contribution >= 4 is 13.6 Å². The van der Waals surface area contributed by atoms with Crippen LogP contribution >= 0.6 is 7.60 Å². The SMILES string of the molecule is NC(C=CCP(=O)(O)O)C(=O)O. The highest BCUT2D eigenvalue weighted by atomic mass is 31.2. The number of aliphatic carboxylic acids is 1. The lowest BCUT2D eigenvalue weighted by molar-refractivity contribution is -0.137.